The summed E-state index contributed by atoms with van der Waals surface area (Å²) >= 11 is 0. The molecule has 0 fully saturated rings. The van der Waals surface area contributed by atoms with Gasteiger partial charge in [-0.1, -0.05) is 26.8 Å². The van der Waals surface area contributed by atoms with Gasteiger partial charge in [-0.25, -0.2) is 4.39 Å². The quantitative estimate of drug-likeness (QED) is 0.556. The molecule has 0 heterocycles. The van der Waals surface area contributed by atoms with Crippen LogP contribution in [0.5, 0.6) is 0 Å². The van der Waals surface area contributed by atoms with Crippen molar-refractivity contribution in [3.8, 4) is 0 Å². The SMILES string of the molecule is CC(C)C(C)/C=C\N=C/CF. The molecule has 64 valence electrons. The molecule has 0 saturated heterocycles. The van der Waals surface area contributed by atoms with E-state index in [2.05, 4.69) is 25.8 Å². The lowest BCUT2D eigenvalue weighted by Gasteiger charge is -2.08. The fourth-order valence-electron chi connectivity index (χ4n) is 0.508. The standard InChI is InChI=1S/C9H16FN/c1-8(2)9(3)4-6-11-7-5-10/h4,6-9H,5H2,1-3H3/b6-4-,11-7-. The number of aliphatic imine (C=N–C) groups is 1. The highest BCUT2D eigenvalue weighted by Gasteiger charge is 2.00. The zero-order chi connectivity index (χ0) is 8.69. The maximum absolute atomic E-state index is 11.5. The average Bonchev–Trinajstić information content (AvgIpc) is 1.97. The molecule has 11 heavy (non-hydrogen) atoms. The van der Waals surface area contributed by atoms with Crippen LogP contribution in [0.25, 0.3) is 0 Å². The molecule has 0 saturated carbocycles. The summed E-state index contributed by atoms with van der Waals surface area (Å²) in [6, 6.07) is 0. The second-order valence-corrected chi connectivity index (χ2v) is 2.93. The van der Waals surface area contributed by atoms with Gasteiger partial charge in [0.1, 0.15) is 6.67 Å². The number of nitrogens with zero attached hydrogens (tertiary/aromatic N) is 1. The van der Waals surface area contributed by atoms with E-state index in [1.54, 1.807) is 6.20 Å². The summed E-state index contributed by atoms with van der Waals surface area (Å²) in [5, 5.41) is 0. The van der Waals surface area contributed by atoms with Gasteiger partial charge in [-0.2, -0.15) is 0 Å². The van der Waals surface area contributed by atoms with E-state index in [0.717, 1.165) is 0 Å². The molecule has 0 aromatic heterocycles. The van der Waals surface area contributed by atoms with E-state index in [9.17, 15) is 4.39 Å². The molecule has 0 radical (unpaired) electrons. The van der Waals surface area contributed by atoms with Crippen molar-refractivity contribution in [3.05, 3.63) is 12.3 Å². The summed E-state index contributed by atoms with van der Waals surface area (Å²) in [7, 11) is 0. The molecule has 1 unspecified atom stereocenters. The van der Waals surface area contributed by atoms with Gasteiger partial charge in [0.25, 0.3) is 0 Å². The number of halogens is 1. The van der Waals surface area contributed by atoms with Gasteiger partial charge in [0.05, 0.1) is 0 Å². The van der Waals surface area contributed by atoms with E-state index < -0.39 is 6.67 Å². The highest BCUT2D eigenvalue weighted by atomic mass is 19.1. The van der Waals surface area contributed by atoms with Crippen molar-refractivity contribution in [2.45, 2.75) is 20.8 Å². The molecule has 0 aromatic rings. The molecule has 0 aliphatic heterocycles. The molecular weight excluding hydrogens is 141 g/mol. The van der Waals surface area contributed by atoms with Crippen molar-refractivity contribution >= 4 is 6.21 Å². The Morgan fingerprint density at radius 1 is 1.36 bits per heavy atom. The molecule has 0 aliphatic carbocycles. The maximum Gasteiger partial charge on any atom is 0.125 e. The smallest absolute Gasteiger partial charge is 0.125 e. The van der Waals surface area contributed by atoms with E-state index in [-0.39, 0.29) is 0 Å². The number of rotatable bonds is 4. The van der Waals surface area contributed by atoms with Crippen LogP contribution >= 0.6 is 0 Å². The molecule has 0 N–H and O–H groups in total. The van der Waals surface area contributed by atoms with Crippen LogP contribution in [0.3, 0.4) is 0 Å². The van der Waals surface area contributed by atoms with Crippen LogP contribution in [-0.2, 0) is 0 Å². The van der Waals surface area contributed by atoms with Gasteiger partial charge in [-0.15, -0.1) is 0 Å². The van der Waals surface area contributed by atoms with Crippen molar-refractivity contribution in [2.75, 3.05) is 6.67 Å². The summed E-state index contributed by atoms with van der Waals surface area (Å²) in [6.45, 7) is 5.92. The lowest BCUT2D eigenvalue weighted by molar-refractivity contribution is 0.503. The van der Waals surface area contributed by atoms with Crippen LogP contribution < -0.4 is 0 Å². The van der Waals surface area contributed by atoms with Gasteiger partial charge in [0.15, 0.2) is 0 Å². The predicted octanol–water partition coefficient (Wildman–Crippen LogP) is 2.83. The van der Waals surface area contributed by atoms with Gasteiger partial charge >= 0.3 is 0 Å². The monoisotopic (exact) mass is 157 g/mol. The number of alkyl halides is 1. The normalized spacial score (nSPS) is 15.4. The molecule has 0 aromatic carbocycles. The Morgan fingerprint density at radius 3 is 2.45 bits per heavy atom. The van der Waals surface area contributed by atoms with Crippen LogP contribution in [-0.4, -0.2) is 12.9 Å². The Kier molecular flexibility index (Phi) is 5.71. The van der Waals surface area contributed by atoms with Gasteiger partial charge in [-0.05, 0) is 11.8 Å². The number of hydrogen-bond donors (Lipinski definition) is 0. The fourth-order valence-corrected chi connectivity index (χ4v) is 0.508. The molecule has 1 atom stereocenters. The molecule has 0 bridgehead atoms. The third kappa shape index (κ3) is 5.77. The van der Waals surface area contributed by atoms with E-state index >= 15 is 0 Å². The van der Waals surface area contributed by atoms with Gasteiger partial charge in [-0.3, -0.25) is 4.99 Å². The topological polar surface area (TPSA) is 12.4 Å². The summed E-state index contributed by atoms with van der Waals surface area (Å²) in [5.74, 6) is 1.12. The first-order chi connectivity index (χ1) is 5.18. The third-order valence-electron chi connectivity index (χ3n) is 1.70. The zero-order valence-corrected chi connectivity index (χ0v) is 7.42. The summed E-state index contributed by atoms with van der Waals surface area (Å²) in [4.78, 5) is 3.73. The van der Waals surface area contributed by atoms with Crippen LogP contribution in [0, 0.1) is 11.8 Å². The first-order valence-electron chi connectivity index (χ1n) is 3.92. The number of allylic oxidation sites excluding steroid dienone is 1. The van der Waals surface area contributed by atoms with Gasteiger partial charge in [0, 0.05) is 12.4 Å². The third-order valence-corrected chi connectivity index (χ3v) is 1.70. The second kappa shape index (κ2) is 6.08. The molecular formula is C9H16FN. The molecule has 0 aliphatic rings. The maximum atomic E-state index is 11.5. The van der Waals surface area contributed by atoms with Crippen molar-refractivity contribution < 1.29 is 4.39 Å². The van der Waals surface area contributed by atoms with Crippen LogP contribution in [0.4, 0.5) is 4.39 Å². The van der Waals surface area contributed by atoms with E-state index in [4.69, 9.17) is 0 Å². The highest BCUT2D eigenvalue weighted by Crippen LogP contribution is 2.10. The van der Waals surface area contributed by atoms with Crippen molar-refractivity contribution in [2.24, 2.45) is 16.8 Å². The van der Waals surface area contributed by atoms with E-state index in [0.29, 0.717) is 11.8 Å². The lowest BCUT2D eigenvalue weighted by Crippen LogP contribution is -1.98. The first-order valence-corrected chi connectivity index (χ1v) is 3.92. The molecule has 0 spiro atoms. The Hall–Kier alpha value is -0.660. The fraction of sp³-hybridized carbons (Fsp3) is 0.667. The van der Waals surface area contributed by atoms with Crippen molar-refractivity contribution in [1.29, 1.82) is 0 Å². The van der Waals surface area contributed by atoms with Gasteiger partial charge < -0.3 is 0 Å². The molecule has 0 rings (SSSR count). The Labute approximate surface area is 68.0 Å². The van der Waals surface area contributed by atoms with Gasteiger partial charge in [0.2, 0.25) is 0 Å². The minimum atomic E-state index is -0.486. The molecule has 0 amide bonds. The zero-order valence-electron chi connectivity index (χ0n) is 7.42. The van der Waals surface area contributed by atoms with Crippen molar-refractivity contribution in [3.63, 3.8) is 0 Å². The van der Waals surface area contributed by atoms with Crippen LogP contribution in [0.1, 0.15) is 20.8 Å². The molecule has 1 nitrogen and oxygen atoms in total. The van der Waals surface area contributed by atoms with Crippen LogP contribution in [0.2, 0.25) is 0 Å². The first kappa shape index (κ1) is 10.3. The minimum absolute atomic E-state index is 0.486. The lowest BCUT2D eigenvalue weighted by atomic mass is 9.98. The largest absolute Gasteiger partial charge is 0.267 e. The summed E-state index contributed by atoms with van der Waals surface area (Å²) in [6.07, 6.45) is 4.89. The average molecular weight is 157 g/mol. The predicted molar refractivity (Wildman–Crippen MR) is 47.6 cm³/mol. The molecule has 2 heteroatoms. The number of hydrogen-bond acceptors (Lipinski definition) is 1. The Bertz CT molecular complexity index is 138. The Morgan fingerprint density at radius 2 is 2.00 bits per heavy atom. The highest BCUT2D eigenvalue weighted by molar-refractivity contribution is 5.58. The van der Waals surface area contributed by atoms with E-state index in [1.807, 2.05) is 6.08 Å². The minimum Gasteiger partial charge on any atom is -0.267 e. The van der Waals surface area contributed by atoms with Crippen LogP contribution in [0.15, 0.2) is 17.3 Å². The van der Waals surface area contributed by atoms with Crippen molar-refractivity contribution in [1.82, 2.24) is 0 Å². The second-order valence-electron chi connectivity index (χ2n) is 2.93. The summed E-state index contributed by atoms with van der Waals surface area (Å²) in [5.41, 5.74) is 0. The van der Waals surface area contributed by atoms with E-state index in [1.165, 1.54) is 6.21 Å². The Balaban J connectivity index is 3.64. The summed E-state index contributed by atoms with van der Waals surface area (Å²) < 4.78 is 11.5.